The van der Waals surface area contributed by atoms with E-state index in [-0.39, 0.29) is 29.2 Å². The number of rotatable bonds is 8. The molecule has 3 rings (SSSR count). The van der Waals surface area contributed by atoms with Crippen molar-refractivity contribution in [3.8, 4) is 11.5 Å². The van der Waals surface area contributed by atoms with Gasteiger partial charge in [-0.15, -0.1) is 0 Å². The van der Waals surface area contributed by atoms with E-state index in [4.69, 9.17) is 18.9 Å². The first-order valence-electron chi connectivity index (χ1n) is 10.00. The van der Waals surface area contributed by atoms with Crippen LogP contribution >= 0.6 is 0 Å². The Balaban J connectivity index is 1.91. The maximum Gasteiger partial charge on any atom is 0.341 e. The summed E-state index contributed by atoms with van der Waals surface area (Å²) in [5.74, 6) is -1.67. The molecule has 1 aliphatic rings. The first kappa shape index (κ1) is 23.6. The van der Waals surface area contributed by atoms with Gasteiger partial charge in [-0.1, -0.05) is 12.1 Å². The summed E-state index contributed by atoms with van der Waals surface area (Å²) in [6.45, 7) is 1.25. The third kappa shape index (κ3) is 5.40. The van der Waals surface area contributed by atoms with E-state index in [0.717, 1.165) is 6.07 Å². The highest BCUT2D eigenvalue weighted by atomic mass is 19.1. The molecule has 0 aliphatic carbocycles. The van der Waals surface area contributed by atoms with Gasteiger partial charge in [0.15, 0.2) is 0 Å². The van der Waals surface area contributed by atoms with Crippen LogP contribution in [0, 0.1) is 5.82 Å². The molecule has 2 N–H and O–H groups in total. The van der Waals surface area contributed by atoms with Crippen LogP contribution in [0.2, 0.25) is 0 Å². The number of carbonyl (C=O) groups excluding carboxylic acids is 3. The van der Waals surface area contributed by atoms with Crippen LogP contribution in [-0.4, -0.2) is 45.4 Å². The zero-order valence-corrected chi connectivity index (χ0v) is 18.3. The van der Waals surface area contributed by atoms with Gasteiger partial charge in [-0.3, -0.25) is 0 Å². The van der Waals surface area contributed by atoms with Crippen molar-refractivity contribution in [1.82, 2.24) is 10.6 Å². The summed E-state index contributed by atoms with van der Waals surface area (Å²) in [6, 6.07) is 8.94. The molecule has 0 fully saturated rings. The number of esters is 2. The quantitative estimate of drug-likeness (QED) is 0.585. The summed E-state index contributed by atoms with van der Waals surface area (Å²) in [6.07, 6.45) is 0. The zero-order valence-electron chi connectivity index (χ0n) is 18.3. The number of benzene rings is 2. The van der Waals surface area contributed by atoms with E-state index in [1.165, 1.54) is 26.4 Å². The third-order valence-corrected chi connectivity index (χ3v) is 4.84. The highest BCUT2D eigenvalue weighted by Crippen LogP contribution is 2.29. The van der Waals surface area contributed by atoms with Crippen molar-refractivity contribution in [3.05, 3.63) is 70.7 Å². The molecule has 33 heavy (non-hydrogen) atoms. The molecule has 10 heteroatoms. The number of halogens is 1. The van der Waals surface area contributed by atoms with Gasteiger partial charge in [0, 0.05) is 6.07 Å². The fourth-order valence-corrected chi connectivity index (χ4v) is 3.23. The molecule has 0 radical (unpaired) electrons. The minimum Gasteiger partial charge on any atom is -0.497 e. The predicted octanol–water partition coefficient (Wildman–Crippen LogP) is 2.87. The first-order chi connectivity index (χ1) is 15.9. The molecule has 1 atom stereocenters. The lowest BCUT2D eigenvalue weighted by atomic mass is 9.95. The number of nitrogens with one attached hydrogen (secondary N) is 2. The van der Waals surface area contributed by atoms with E-state index in [0.29, 0.717) is 11.3 Å². The van der Waals surface area contributed by atoms with Crippen LogP contribution < -0.4 is 20.1 Å². The lowest BCUT2D eigenvalue weighted by molar-refractivity contribution is -0.139. The highest BCUT2D eigenvalue weighted by molar-refractivity contribution is 5.95. The van der Waals surface area contributed by atoms with Gasteiger partial charge < -0.3 is 29.6 Å². The molecule has 1 aliphatic heterocycles. The Kier molecular flexibility index (Phi) is 7.50. The monoisotopic (exact) mass is 458 g/mol. The first-order valence-corrected chi connectivity index (χ1v) is 10.00. The van der Waals surface area contributed by atoms with Crippen LogP contribution in [0.4, 0.5) is 9.18 Å². The highest BCUT2D eigenvalue weighted by Gasteiger charge is 2.34. The number of urea groups is 1. The van der Waals surface area contributed by atoms with E-state index in [9.17, 15) is 18.8 Å². The summed E-state index contributed by atoms with van der Waals surface area (Å²) in [7, 11) is 2.89. The topological polar surface area (TPSA) is 112 Å². The number of methoxy groups -OCH3 is 2. The number of carbonyl (C=O) groups is 3. The summed E-state index contributed by atoms with van der Waals surface area (Å²) in [5.41, 5.74) is 0.352. The van der Waals surface area contributed by atoms with Gasteiger partial charge in [0.1, 0.15) is 23.9 Å². The summed E-state index contributed by atoms with van der Waals surface area (Å²) in [5, 5.41) is 5.15. The second-order valence-electron chi connectivity index (χ2n) is 6.84. The fraction of sp³-hybridized carbons (Fsp3) is 0.261. The van der Waals surface area contributed by atoms with Crippen molar-refractivity contribution < 1.29 is 37.7 Å². The number of amides is 2. The molecule has 0 unspecified atom stereocenters. The average molecular weight is 458 g/mol. The molecule has 2 aromatic rings. The smallest absolute Gasteiger partial charge is 0.341 e. The average Bonchev–Trinajstić information content (AvgIpc) is 2.82. The second kappa shape index (κ2) is 10.5. The fourth-order valence-electron chi connectivity index (χ4n) is 3.23. The lowest BCUT2D eigenvalue weighted by Crippen LogP contribution is -2.47. The van der Waals surface area contributed by atoms with Crippen molar-refractivity contribution in [2.24, 2.45) is 0 Å². The molecule has 0 bridgehead atoms. The Hall–Kier alpha value is -4.08. The lowest BCUT2D eigenvalue weighted by Gasteiger charge is -2.29. The van der Waals surface area contributed by atoms with Crippen LogP contribution in [0.3, 0.4) is 0 Å². The molecule has 0 spiro atoms. The van der Waals surface area contributed by atoms with Crippen LogP contribution in [0.25, 0.3) is 0 Å². The molecule has 174 valence electrons. The molecular weight excluding hydrogens is 435 g/mol. The van der Waals surface area contributed by atoms with Crippen molar-refractivity contribution in [1.29, 1.82) is 0 Å². The van der Waals surface area contributed by atoms with Gasteiger partial charge >= 0.3 is 18.0 Å². The maximum atomic E-state index is 14.2. The summed E-state index contributed by atoms with van der Waals surface area (Å²) >= 11 is 0. The molecule has 9 nitrogen and oxygen atoms in total. The zero-order chi connectivity index (χ0) is 24.0. The minimum atomic E-state index is -0.973. The summed E-state index contributed by atoms with van der Waals surface area (Å²) < 4.78 is 34.6. The van der Waals surface area contributed by atoms with Crippen LogP contribution in [0.15, 0.2) is 53.7 Å². The second-order valence-corrected chi connectivity index (χ2v) is 6.84. The van der Waals surface area contributed by atoms with Crippen molar-refractivity contribution in [3.63, 3.8) is 0 Å². The normalized spacial score (nSPS) is 15.3. The molecule has 2 aromatic carbocycles. The van der Waals surface area contributed by atoms with Gasteiger partial charge in [-0.25, -0.2) is 18.8 Å². The summed E-state index contributed by atoms with van der Waals surface area (Å²) in [4.78, 5) is 37.5. The Bertz CT molecular complexity index is 1080. The van der Waals surface area contributed by atoms with Gasteiger partial charge in [0.25, 0.3) is 0 Å². The number of hydrogen-bond acceptors (Lipinski definition) is 7. The van der Waals surface area contributed by atoms with Gasteiger partial charge in [-0.05, 0) is 36.8 Å². The Morgan fingerprint density at radius 1 is 0.970 bits per heavy atom. The molecule has 2 amide bonds. The van der Waals surface area contributed by atoms with E-state index in [1.807, 2.05) is 0 Å². The van der Waals surface area contributed by atoms with Gasteiger partial charge in [-0.2, -0.15) is 0 Å². The Morgan fingerprint density at radius 2 is 1.64 bits per heavy atom. The maximum absolute atomic E-state index is 14.2. The molecule has 0 aromatic heterocycles. The molecule has 0 saturated carbocycles. The number of hydrogen-bond donors (Lipinski definition) is 2. The minimum absolute atomic E-state index is 0.0280. The van der Waals surface area contributed by atoms with Gasteiger partial charge in [0.2, 0.25) is 0 Å². The largest absolute Gasteiger partial charge is 0.497 e. The van der Waals surface area contributed by atoms with Crippen molar-refractivity contribution in [2.75, 3.05) is 27.4 Å². The Morgan fingerprint density at radius 3 is 2.24 bits per heavy atom. The van der Waals surface area contributed by atoms with Crippen LogP contribution in [-0.2, 0) is 14.3 Å². The Labute approximate surface area is 189 Å². The van der Waals surface area contributed by atoms with Crippen molar-refractivity contribution >= 4 is 18.0 Å². The molecule has 1 heterocycles. The van der Waals surface area contributed by atoms with E-state index in [2.05, 4.69) is 10.6 Å². The molecule has 0 saturated heterocycles. The molecular formula is C23H23FN2O7. The third-order valence-electron chi connectivity index (χ3n) is 4.84. The SMILES string of the molecule is CCOC(=O)C1=C(COC(=O)c2ccc(OC)cc2F)NC(=O)N[C@H]1c1ccc(OC)cc1. The van der Waals surface area contributed by atoms with Crippen molar-refractivity contribution in [2.45, 2.75) is 13.0 Å². The van der Waals surface area contributed by atoms with E-state index >= 15 is 0 Å². The number of ether oxygens (including phenoxy) is 4. The van der Waals surface area contributed by atoms with Crippen LogP contribution in [0.5, 0.6) is 11.5 Å². The predicted molar refractivity (Wildman–Crippen MR) is 114 cm³/mol. The van der Waals surface area contributed by atoms with Gasteiger partial charge in [0.05, 0.1) is 43.7 Å². The standard InChI is InChI=1S/C23H23FN2O7/c1-4-32-22(28)19-18(12-33-21(27)16-10-9-15(31-3)11-17(16)24)25-23(29)26-20(19)13-5-7-14(30-2)8-6-13/h5-11,20H,4,12H2,1-3H3,(H2,25,26,29)/t20-/m0/s1. The van der Waals surface area contributed by atoms with E-state index < -0.39 is 36.4 Å². The van der Waals surface area contributed by atoms with E-state index in [1.54, 1.807) is 31.2 Å². The van der Waals surface area contributed by atoms with Crippen LogP contribution in [0.1, 0.15) is 28.9 Å².